The molecule has 0 aromatic carbocycles. The normalized spacial score (nSPS) is 31.7. The topological polar surface area (TPSA) is 18.5 Å². The average Bonchev–Trinajstić information content (AvgIpc) is 2.93. The van der Waals surface area contributed by atoms with Crippen molar-refractivity contribution in [3.63, 3.8) is 0 Å². The Balaban J connectivity index is 1.74. The van der Waals surface area contributed by atoms with E-state index in [0.29, 0.717) is 0 Å². The van der Waals surface area contributed by atoms with Gasteiger partial charge in [0, 0.05) is 25.2 Å². The van der Waals surface area contributed by atoms with Crippen molar-refractivity contribution >= 4 is 0 Å². The van der Waals surface area contributed by atoms with Crippen LogP contribution >= 0.6 is 0 Å². The summed E-state index contributed by atoms with van der Waals surface area (Å²) in [5.41, 5.74) is 0. The molecule has 2 atom stereocenters. The largest absolute Gasteiger partial charge is 0.313 e. The zero-order chi connectivity index (χ0) is 11.4. The van der Waals surface area contributed by atoms with Crippen molar-refractivity contribution in [3.8, 4) is 0 Å². The summed E-state index contributed by atoms with van der Waals surface area (Å²) in [4.78, 5) is 5.27. The van der Waals surface area contributed by atoms with Crippen LogP contribution in [0.15, 0.2) is 0 Å². The fourth-order valence-electron chi connectivity index (χ4n) is 3.24. The summed E-state index contributed by atoms with van der Waals surface area (Å²) < 4.78 is 0. The molecule has 2 fully saturated rings. The Labute approximate surface area is 100 Å². The molecule has 2 rings (SSSR count). The molecule has 0 aliphatic carbocycles. The minimum Gasteiger partial charge on any atom is -0.313 e. The standard InChI is InChI=1S/C13H27N3/c1-3-16(4-2)13-7-9-15(11-13)10-12-6-5-8-14-12/h12-14H,3-11H2,1-2H3/t12-,13?/m1/s1. The Kier molecular flexibility index (Phi) is 4.62. The van der Waals surface area contributed by atoms with E-state index < -0.39 is 0 Å². The molecule has 0 aromatic rings. The molecular formula is C13H27N3. The van der Waals surface area contributed by atoms with Crippen molar-refractivity contribution < 1.29 is 0 Å². The Bertz CT molecular complexity index is 197. The number of rotatable bonds is 5. The van der Waals surface area contributed by atoms with Crippen LogP contribution in [0.1, 0.15) is 33.1 Å². The van der Waals surface area contributed by atoms with Crippen molar-refractivity contribution in [2.75, 3.05) is 39.3 Å². The van der Waals surface area contributed by atoms with Gasteiger partial charge in [-0.2, -0.15) is 0 Å². The van der Waals surface area contributed by atoms with Gasteiger partial charge in [0.2, 0.25) is 0 Å². The number of nitrogens with one attached hydrogen (secondary N) is 1. The average molecular weight is 225 g/mol. The number of nitrogens with zero attached hydrogens (tertiary/aromatic N) is 2. The number of likely N-dealkylation sites (tertiary alicyclic amines) is 1. The first-order chi connectivity index (χ1) is 7.83. The molecule has 94 valence electrons. The van der Waals surface area contributed by atoms with E-state index in [9.17, 15) is 0 Å². The van der Waals surface area contributed by atoms with Crippen molar-refractivity contribution in [1.29, 1.82) is 0 Å². The fourth-order valence-corrected chi connectivity index (χ4v) is 3.24. The molecule has 0 aromatic heterocycles. The maximum Gasteiger partial charge on any atom is 0.0235 e. The van der Waals surface area contributed by atoms with Crippen LogP contribution in [0.4, 0.5) is 0 Å². The van der Waals surface area contributed by atoms with E-state index in [1.54, 1.807) is 0 Å². The molecule has 0 radical (unpaired) electrons. The van der Waals surface area contributed by atoms with Crippen LogP contribution in [0.3, 0.4) is 0 Å². The van der Waals surface area contributed by atoms with Gasteiger partial charge in [0.05, 0.1) is 0 Å². The number of hydrogen-bond acceptors (Lipinski definition) is 3. The number of likely N-dealkylation sites (N-methyl/N-ethyl adjacent to an activating group) is 1. The molecule has 2 aliphatic heterocycles. The quantitative estimate of drug-likeness (QED) is 0.757. The third-order valence-corrected chi connectivity index (χ3v) is 4.22. The lowest BCUT2D eigenvalue weighted by Gasteiger charge is -2.27. The SMILES string of the molecule is CCN(CC)C1CCN(C[C@H]2CCCN2)C1. The predicted molar refractivity (Wildman–Crippen MR) is 68.8 cm³/mol. The van der Waals surface area contributed by atoms with Crippen molar-refractivity contribution in [3.05, 3.63) is 0 Å². The first kappa shape index (κ1) is 12.3. The van der Waals surface area contributed by atoms with Crippen LogP contribution < -0.4 is 5.32 Å². The van der Waals surface area contributed by atoms with Gasteiger partial charge in [-0.05, 0) is 45.4 Å². The molecule has 1 unspecified atom stereocenters. The third kappa shape index (κ3) is 2.96. The predicted octanol–water partition coefficient (Wildman–Crippen LogP) is 1.15. The molecule has 3 nitrogen and oxygen atoms in total. The highest BCUT2D eigenvalue weighted by Gasteiger charge is 2.28. The molecular weight excluding hydrogens is 198 g/mol. The molecule has 0 saturated carbocycles. The minimum atomic E-state index is 0.774. The van der Waals surface area contributed by atoms with Gasteiger partial charge in [-0.25, -0.2) is 0 Å². The van der Waals surface area contributed by atoms with E-state index in [4.69, 9.17) is 0 Å². The van der Waals surface area contributed by atoms with E-state index in [2.05, 4.69) is 29.0 Å². The third-order valence-electron chi connectivity index (χ3n) is 4.22. The van der Waals surface area contributed by atoms with Gasteiger partial charge < -0.3 is 10.2 Å². The molecule has 0 spiro atoms. The van der Waals surface area contributed by atoms with Gasteiger partial charge in [0.25, 0.3) is 0 Å². The summed E-state index contributed by atoms with van der Waals surface area (Å²) in [5, 5.41) is 3.60. The van der Waals surface area contributed by atoms with Crippen LogP contribution in [0, 0.1) is 0 Å². The summed E-state index contributed by atoms with van der Waals surface area (Å²) in [6.07, 6.45) is 4.12. The van der Waals surface area contributed by atoms with Crippen LogP contribution in [0.25, 0.3) is 0 Å². The lowest BCUT2D eigenvalue weighted by atomic mass is 10.2. The molecule has 2 heterocycles. The van der Waals surface area contributed by atoms with E-state index in [1.807, 2.05) is 0 Å². The lowest BCUT2D eigenvalue weighted by molar-refractivity contribution is 0.206. The molecule has 2 aliphatic rings. The van der Waals surface area contributed by atoms with E-state index >= 15 is 0 Å². The highest BCUT2D eigenvalue weighted by molar-refractivity contribution is 4.86. The Morgan fingerprint density at radius 2 is 2.06 bits per heavy atom. The van der Waals surface area contributed by atoms with E-state index in [-0.39, 0.29) is 0 Å². The first-order valence-corrected chi connectivity index (χ1v) is 7.03. The summed E-state index contributed by atoms with van der Waals surface area (Å²) in [6.45, 7) is 12.1. The second-order valence-electron chi connectivity index (χ2n) is 5.22. The smallest absolute Gasteiger partial charge is 0.0235 e. The Morgan fingerprint density at radius 1 is 1.25 bits per heavy atom. The molecule has 3 heteroatoms. The summed E-state index contributed by atoms with van der Waals surface area (Å²) in [6, 6.07) is 1.59. The van der Waals surface area contributed by atoms with Gasteiger partial charge in [-0.3, -0.25) is 4.90 Å². The van der Waals surface area contributed by atoms with Crippen molar-refractivity contribution in [2.45, 2.75) is 45.2 Å². The van der Waals surface area contributed by atoms with Gasteiger partial charge in [-0.1, -0.05) is 13.8 Å². The highest BCUT2D eigenvalue weighted by Crippen LogP contribution is 2.17. The van der Waals surface area contributed by atoms with Crippen LogP contribution in [-0.4, -0.2) is 61.2 Å². The summed E-state index contributed by atoms with van der Waals surface area (Å²) >= 11 is 0. The summed E-state index contributed by atoms with van der Waals surface area (Å²) in [7, 11) is 0. The van der Waals surface area contributed by atoms with Gasteiger partial charge >= 0.3 is 0 Å². The zero-order valence-corrected chi connectivity index (χ0v) is 10.9. The lowest BCUT2D eigenvalue weighted by Crippen LogP contribution is -2.40. The summed E-state index contributed by atoms with van der Waals surface area (Å²) in [5.74, 6) is 0. The van der Waals surface area contributed by atoms with Gasteiger partial charge in [0.15, 0.2) is 0 Å². The molecule has 0 bridgehead atoms. The maximum atomic E-state index is 3.60. The Morgan fingerprint density at radius 3 is 2.69 bits per heavy atom. The molecule has 0 amide bonds. The molecule has 16 heavy (non-hydrogen) atoms. The first-order valence-electron chi connectivity index (χ1n) is 7.03. The molecule has 2 saturated heterocycles. The Hall–Kier alpha value is -0.120. The zero-order valence-electron chi connectivity index (χ0n) is 10.9. The highest BCUT2D eigenvalue weighted by atomic mass is 15.3. The minimum absolute atomic E-state index is 0.774. The second-order valence-corrected chi connectivity index (χ2v) is 5.22. The van der Waals surface area contributed by atoms with E-state index in [1.165, 1.54) is 58.5 Å². The van der Waals surface area contributed by atoms with Gasteiger partial charge in [0.1, 0.15) is 0 Å². The van der Waals surface area contributed by atoms with Crippen molar-refractivity contribution in [1.82, 2.24) is 15.1 Å². The van der Waals surface area contributed by atoms with Crippen LogP contribution in [-0.2, 0) is 0 Å². The maximum absolute atomic E-state index is 3.60. The fraction of sp³-hybridized carbons (Fsp3) is 1.00. The number of hydrogen-bond donors (Lipinski definition) is 1. The monoisotopic (exact) mass is 225 g/mol. The van der Waals surface area contributed by atoms with Crippen LogP contribution in [0.5, 0.6) is 0 Å². The molecule has 1 N–H and O–H groups in total. The van der Waals surface area contributed by atoms with E-state index in [0.717, 1.165) is 12.1 Å². The van der Waals surface area contributed by atoms with Gasteiger partial charge in [-0.15, -0.1) is 0 Å². The second kappa shape index (κ2) is 5.99. The van der Waals surface area contributed by atoms with Crippen LogP contribution in [0.2, 0.25) is 0 Å². The van der Waals surface area contributed by atoms with Crippen molar-refractivity contribution in [2.24, 2.45) is 0 Å².